The lowest BCUT2D eigenvalue weighted by molar-refractivity contribution is 0.678. The third kappa shape index (κ3) is 3.35. The van der Waals surface area contributed by atoms with Crippen molar-refractivity contribution in [2.45, 2.75) is 37.1 Å². The zero-order valence-electron chi connectivity index (χ0n) is 15.4. The minimum atomic E-state index is -0.0899. The maximum atomic E-state index is 12.8. The molecule has 0 saturated heterocycles. The van der Waals surface area contributed by atoms with Crippen LogP contribution in [0.5, 0.6) is 0 Å². The highest BCUT2D eigenvalue weighted by molar-refractivity contribution is 7.99. The van der Waals surface area contributed by atoms with Crippen LogP contribution in [0.2, 0.25) is 0 Å². The molecule has 27 heavy (non-hydrogen) atoms. The maximum absolute atomic E-state index is 12.8. The minimum absolute atomic E-state index is 0.0442. The van der Waals surface area contributed by atoms with Crippen molar-refractivity contribution in [2.75, 3.05) is 0 Å². The molecule has 1 N–H and O–H groups in total. The summed E-state index contributed by atoms with van der Waals surface area (Å²) in [5.74, 6) is 1.91. The van der Waals surface area contributed by atoms with Crippen molar-refractivity contribution in [2.24, 2.45) is 7.05 Å². The number of aromatic nitrogens is 5. The molecule has 140 valence electrons. The van der Waals surface area contributed by atoms with Crippen LogP contribution in [0.25, 0.3) is 20.7 Å². The fourth-order valence-corrected chi connectivity index (χ4v) is 5.57. The Morgan fingerprint density at radius 3 is 2.70 bits per heavy atom. The van der Waals surface area contributed by atoms with E-state index in [-0.39, 0.29) is 10.8 Å². The van der Waals surface area contributed by atoms with Crippen molar-refractivity contribution in [1.29, 1.82) is 0 Å². The summed E-state index contributed by atoms with van der Waals surface area (Å²) in [5.41, 5.74) is 0.869. The van der Waals surface area contributed by atoms with Crippen molar-refractivity contribution in [3.05, 3.63) is 44.9 Å². The molecule has 0 aliphatic heterocycles. The van der Waals surface area contributed by atoms with Crippen molar-refractivity contribution in [3.8, 4) is 10.4 Å². The van der Waals surface area contributed by atoms with Gasteiger partial charge in [0.15, 0.2) is 5.16 Å². The molecule has 1 atom stereocenters. The highest BCUT2D eigenvalue weighted by Crippen LogP contribution is 2.36. The number of nitrogens with one attached hydrogen (secondary N) is 1. The van der Waals surface area contributed by atoms with Gasteiger partial charge >= 0.3 is 0 Å². The number of fused-ring (bicyclic) bond motifs is 1. The molecule has 9 heteroatoms. The summed E-state index contributed by atoms with van der Waals surface area (Å²) in [4.78, 5) is 22.3. The summed E-state index contributed by atoms with van der Waals surface area (Å²) in [7, 11) is 1.97. The van der Waals surface area contributed by atoms with Gasteiger partial charge in [0.05, 0.1) is 10.6 Å². The highest BCUT2D eigenvalue weighted by atomic mass is 32.2. The number of hydrogen-bond acceptors (Lipinski definition) is 7. The Hall–Kier alpha value is -1.97. The molecule has 4 aromatic heterocycles. The van der Waals surface area contributed by atoms with Crippen LogP contribution in [0.15, 0.2) is 32.8 Å². The molecule has 1 unspecified atom stereocenters. The molecule has 0 saturated carbocycles. The molecule has 0 aromatic carbocycles. The van der Waals surface area contributed by atoms with Gasteiger partial charge < -0.3 is 9.55 Å². The smallest absolute Gasteiger partial charge is 0.260 e. The van der Waals surface area contributed by atoms with Crippen LogP contribution in [0.1, 0.15) is 43.6 Å². The number of aromatic amines is 1. The first kappa shape index (κ1) is 18.4. The molecule has 4 rings (SSSR count). The minimum Gasteiger partial charge on any atom is -0.309 e. The van der Waals surface area contributed by atoms with Crippen LogP contribution < -0.4 is 5.56 Å². The Morgan fingerprint density at radius 1 is 1.22 bits per heavy atom. The number of H-pyrrole nitrogens is 1. The van der Waals surface area contributed by atoms with Crippen LogP contribution in [-0.2, 0) is 7.05 Å². The van der Waals surface area contributed by atoms with Crippen LogP contribution in [0, 0.1) is 0 Å². The van der Waals surface area contributed by atoms with Gasteiger partial charge in [0.2, 0.25) is 0 Å². The lowest BCUT2D eigenvalue weighted by Crippen LogP contribution is -2.12. The molecule has 6 nitrogen and oxygen atoms in total. The second-order valence-electron chi connectivity index (χ2n) is 6.57. The molecule has 0 aliphatic carbocycles. The van der Waals surface area contributed by atoms with E-state index in [0.717, 1.165) is 26.3 Å². The van der Waals surface area contributed by atoms with E-state index in [4.69, 9.17) is 4.98 Å². The third-order valence-electron chi connectivity index (χ3n) is 4.30. The second-order valence-corrected chi connectivity index (χ2v) is 9.69. The van der Waals surface area contributed by atoms with Gasteiger partial charge in [0.1, 0.15) is 16.5 Å². The van der Waals surface area contributed by atoms with Crippen LogP contribution in [0.4, 0.5) is 0 Å². The molecular formula is C18H19N5OS3. The first-order valence-corrected chi connectivity index (χ1v) is 11.2. The normalized spacial score (nSPS) is 12.9. The van der Waals surface area contributed by atoms with E-state index in [1.807, 2.05) is 41.4 Å². The highest BCUT2D eigenvalue weighted by Gasteiger charge is 2.20. The molecule has 0 fully saturated rings. The number of hydrogen-bond donors (Lipinski definition) is 1. The monoisotopic (exact) mass is 417 g/mol. The zero-order valence-corrected chi connectivity index (χ0v) is 17.8. The second kappa shape index (κ2) is 7.21. The number of rotatable bonds is 5. The molecule has 0 radical (unpaired) electrons. The van der Waals surface area contributed by atoms with E-state index in [9.17, 15) is 4.79 Å². The van der Waals surface area contributed by atoms with Crippen molar-refractivity contribution in [3.63, 3.8) is 0 Å². The first-order valence-electron chi connectivity index (χ1n) is 8.57. The summed E-state index contributed by atoms with van der Waals surface area (Å²) in [5, 5.41) is 14.0. The lowest BCUT2D eigenvalue weighted by atomic mass is 10.2. The largest absolute Gasteiger partial charge is 0.309 e. The van der Waals surface area contributed by atoms with E-state index >= 15 is 0 Å². The summed E-state index contributed by atoms with van der Waals surface area (Å²) in [6.07, 6.45) is 0. The molecular weight excluding hydrogens is 398 g/mol. The Kier molecular flexibility index (Phi) is 4.92. The lowest BCUT2D eigenvalue weighted by Gasteiger charge is -2.11. The Labute approximate surface area is 168 Å². The van der Waals surface area contributed by atoms with E-state index in [0.29, 0.717) is 17.1 Å². The van der Waals surface area contributed by atoms with Crippen molar-refractivity contribution < 1.29 is 0 Å². The molecule has 4 aromatic rings. The van der Waals surface area contributed by atoms with Gasteiger partial charge in [0.25, 0.3) is 5.56 Å². The predicted octanol–water partition coefficient (Wildman–Crippen LogP) is 4.82. The van der Waals surface area contributed by atoms with Gasteiger partial charge in [-0.25, -0.2) is 4.98 Å². The van der Waals surface area contributed by atoms with Crippen LogP contribution in [-0.4, -0.2) is 24.7 Å². The molecule has 0 aliphatic rings. The Balaban J connectivity index is 1.67. The van der Waals surface area contributed by atoms with Gasteiger partial charge in [-0.1, -0.05) is 31.7 Å². The molecule has 0 spiro atoms. The van der Waals surface area contributed by atoms with Crippen LogP contribution in [0.3, 0.4) is 0 Å². The van der Waals surface area contributed by atoms with E-state index in [1.54, 1.807) is 23.1 Å². The summed E-state index contributed by atoms with van der Waals surface area (Å²) >= 11 is 4.68. The van der Waals surface area contributed by atoms with Gasteiger partial charge in [0, 0.05) is 28.8 Å². The SMILES string of the molecule is CC(C)c1nnc(SC(C)c2nc3scc(-c4cccs4)c3c(=O)[nH]2)n1C. The zero-order chi connectivity index (χ0) is 19.1. The maximum Gasteiger partial charge on any atom is 0.260 e. The van der Waals surface area contributed by atoms with E-state index < -0.39 is 0 Å². The van der Waals surface area contributed by atoms with Crippen molar-refractivity contribution in [1.82, 2.24) is 24.7 Å². The van der Waals surface area contributed by atoms with Gasteiger partial charge in [-0.15, -0.1) is 32.9 Å². The Morgan fingerprint density at radius 2 is 2.04 bits per heavy atom. The average Bonchev–Trinajstić information content (AvgIpc) is 3.34. The predicted molar refractivity (Wildman–Crippen MR) is 113 cm³/mol. The summed E-state index contributed by atoms with van der Waals surface area (Å²) in [6.45, 7) is 6.21. The van der Waals surface area contributed by atoms with E-state index in [2.05, 4.69) is 29.0 Å². The quantitative estimate of drug-likeness (QED) is 0.471. The fraction of sp³-hybridized carbons (Fsp3) is 0.333. The van der Waals surface area contributed by atoms with Gasteiger partial charge in [-0.05, 0) is 18.4 Å². The van der Waals surface area contributed by atoms with Gasteiger partial charge in [-0.2, -0.15) is 0 Å². The van der Waals surface area contributed by atoms with E-state index in [1.165, 1.54) is 11.3 Å². The average molecular weight is 418 g/mol. The molecule has 0 bridgehead atoms. The first-order chi connectivity index (χ1) is 13.0. The van der Waals surface area contributed by atoms with Crippen molar-refractivity contribution >= 4 is 44.7 Å². The number of thiophene rings is 2. The molecule has 4 heterocycles. The third-order valence-corrected chi connectivity index (χ3v) is 7.22. The number of nitrogens with zero attached hydrogens (tertiary/aromatic N) is 4. The summed E-state index contributed by atoms with van der Waals surface area (Å²) < 4.78 is 2.00. The fourth-order valence-electron chi connectivity index (χ4n) is 2.92. The number of thioether (sulfide) groups is 1. The van der Waals surface area contributed by atoms with Crippen LogP contribution >= 0.6 is 34.4 Å². The van der Waals surface area contributed by atoms with Gasteiger partial charge in [-0.3, -0.25) is 4.79 Å². The topological polar surface area (TPSA) is 76.5 Å². The molecule has 0 amide bonds. The summed E-state index contributed by atoms with van der Waals surface area (Å²) in [6, 6.07) is 4.02. The standard InChI is InChI=1S/C18H19N5OS3/c1-9(2)15-21-22-18(23(15)4)27-10(3)14-19-16(24)13-11(8-26-17(13)20-14)12-6-5-7-25-12/h5-10H,1-4H3,(H,19,20,24). The Bertz CT molecular complexity index is 1140.